The number of anilines is 1. The molecule has 166 valence electrons. The van der Waals surface area contributed by atoms with Gasteiger partial charge in [-0.15, -0.1) is 0 Å². The molecule has 2 aromatic rings. The van der Waals surface area contributed by atoms with E-state index in [0.29, 0.717) is 42.6 Å². The number of hydrogen-bond acceptors (Lipinski definition) is 6. The number of ether oxygens (including phenoxy) is 4. The Morgan fingerprint density at radius 3 is 2.87 bits per heavy atom. The number of methoxy groups -OCH3 is 1. The third kappa shape index (κ3) is 7.46. The first-order valence-corrected chi connectivity index (χ1v) is 11.1. The summed E-state index contributed by atoms with van der Waals surface area (Å²) in [6.07, 6.45) is 2.23. The van der Waals surface area contributed by atoms with E-state index in [1.165, 1.54) is 0 Å². The maximum atomic E-state index is 12.8. The fourth-order valence-corrected chi connectivity index (χ4v) is 3.57. The Kier molecular flexibility index (Phi) is 9.08. The number of amides is 1. The van der Waals surface area contributed by atoms with Gasteiger partial charge in [-0.05, 0) is 55.4 Å². The number of nitrogens with one attached hydrogen (secondary N) is 2. The van der Waals surface area contributed by atoms with E-state index in [9.17, 15) is 4.79 Å². The predicted octanol–water partition coefficient (Wildman–Crippen LogP) is 4.16. The summed E-state index contributed by atoms with van der Waals surface area (Å²) in [5.41, 5.74) is 1.07. The molecule has 2 aromatic carbocycles. The van der Waals surface area contributed by atoms with E-state index in [-0.39, 0.29) is 17.1 Å². The molecular weight excluding hydrogens is 484 g/mol. The summed E-state index contributed by atoms with van der Waals surface area (Å²) in [6, 6.07) is 12.6. The Hall–Kier alpha value is -2.20. The van der Waals surface area contributed by atoms with Crippen LogP contribution in [0.5, 0.6) is 11.5 Å². The van der Waals surface area contributed by atoms with Crippen molar-refractivity contribution in [3.05, 3.63) is 52.5 Å². The molecule has 2 N–H and O–H groups in total. The molecule has 1 atom stereocenters. The fraction of sp³-hybridized carbons (Fsp3) is 0.364. The van der Waals surface area contributed by atoms with Crippen LogP contribution >= 0.6 is 28.1 Å². The van der Waals surface area contributed by atoms with Crippen molar-refractivity contribution >= 4 is 44.9 Å². The Bertz CT molecular complexity index is 905. The number of hydrogen-bond donors (Lipinski definition) is 2. The number of rotatable bonds is 9. The first kappa shape index (κ1) is 23.5. The fourth-order valence-electron chi connectivity index (χ4n) is 3.00. The van der Waals surface area contributed by atoms with Crippen LogP contribution in [0.1, 0.15) is 23.2 Å². The molecule has 0 aliphatic carbocycles. The normalized spacial score (nSPS) is 15.4. The lowest BCUT2D eigenvalue weighted by molar-refractivity contribution is 0.0680. The molecule has 1 aliphatic rings. The third-order valence-electron chi connectivity index (χ3n) is 4.51. The zero-order chi connectivity index (χ0) is 22.1. The first-order valence-electron chi connectivity index (χ1n) is 9.93. The van der Waals surface area contributed by atoms with Crippen LogP contribution in [-0.4, -0.2) is 50.7 Å². The van der Waals surface area contributed by atoms with E-state index < -0.39 is 0 Å². The molecule has 31 heavy (non-hydrogen) atoms. The Morgan fingerprint density at radius 2 is 2.10 bits per heavy atom. The molecule has 9 heteroatoms. The lowest BCUT2D eigenvalue weighted by Crippen LogP contribution is -2.34. The second-order valence-corrected chi connectivity index (χ2v) is 8.19. The average Bonchev–Trinajstić information content (AvgIpc) is 3.27. The van der Waals surface area contributed by atoms with Gasteiger partial charge in [-0.25, -0.2) is 0 Å². The summed E-state index contributed by atoms with van der Waals surface area (Å²) in [6.45, 7) is 2.06. The van der Waals surface area contributed by atoms with Gasteiger partial charge >= 0.3 is 0 Å². The van der Waals surface area contributed by atoms with Crippen molar-refractivity contribution in [3.8, 4) is 11.5 Å². The zero-order valence-corrected chi connectivity index (χ0v) is 19.6. The Labute approximate surface area is 195 Å². The van der Waals surface area contributed by atoms with E-state index in [2.05, 4.69) is 26.6 Å². The van der Waals surface area contributed by atoms with Gasteiger partial charge in [0.2, 0.25) is 0 Å². The second-order valence-electron chi connectivity index (χ2n) is 6.86. The molecule has 0 aromatic heterocycles. The van der Waals surface area contributed by atoms with Crippen molar-refractivity contribution in [2.24, 2.45) is 0 Å². The monoisotopic (exact) mass is 508 g/mol. The van der Waals surface area contributed by atoms with Gasteiger partial charge in [0.25, 0.3) is 5.91 Å². The number of halogens is 1. The Morgan fingerprint density at radius 1 is 1.23 bits per heavy atom. The molecule has 1 unspecified atom stereocenters. The highest BCUT2D eigenvalue weighted by molar-refractivity contribution is 9.10. The number of carbonyl (C=O) groups is 1. The minimum absolute atomic E-state index is 0.141. The first-order chi connectivity index (χ1) is 15.0. The van der Waals surface area contributed by atoms with Crippen LogP contribution in [0.4, 0.5) is 5.69 Å². The topological polar surface area (TPSA) is 78.1 Å². The molecule has 0 bridgehead atoms. The second kappa shape index (κ2) is 12.0. The van der Waals surface area contributed by atoms with E-state index in [4.69, 9.17) is 31.2 Å². The standard InChI is InChI=1S/C22H25BrN2O5S/c1-27-10-11-29-20-8-7-15(23)12-19(20)21(26)25-22(31)24-16-4-2-5-17(13-16)30-14-18-6-3-9-28-18/h2,4-5,7-8,12-13,18H,3,6,9-11,14H2,1H3,(H2,24,25,26,31). The molecule has 1 heterocycles. The van der Waals surface area contributed by atoms with Crippen LogP contribution in [0, 0.1) is 0 Å². The highest BCUT2D eigenvalue weighted by Crippen LogP contribution is 2.24. The van der Waals surface area contributed by atoms with Gasteiger partial charge in [0.1, 0.15) is 24.7 Å². The molecule has 1 amide bonds. The predicted molar refractivity (Wildman–Crippen MR) is 126 cm³/mol. The van der Waals surface area contributed by atoms with Crippen LogP contribution in [0.25, 0.3) is 0 Å². The molecule has 1 fully saturated rings. The third-order valence-corrected chi connectivity index (χ3v) is 5.21. The number of benzene rings is 2. The van der Waals surface area contributed by atoms with Crippen LogP contribution < -0.4 is 20.1 Å². The molecular formula is C22H25BrN2O5S. The summed E-state index contributed by atoms with van der Waals surface area (Å²) >= 11 is 8.70. The minimum atomic E-state index is -0.378. The van der Waals surface area contributed by atoms with Crippen molar-refractivity contribution < 1.29 is 23.7 Å². The van der Waals surface area contributed by atoms with Crippen molar-refractivity contribution in [2.45, 2.75) is 18.9 Å². The summed E-state index contributed by atoms with van der Waals surface area (Å²) in [7, 11) is 1.59. The summed E-state index contributed by atoms with van der Waals surface area (Å²) in [5.74, 6) is 0.775. The van der Waals surface area contributed by atoms with E-state index >= 15 is 0 Å². The summed E-state index contributed by atoms with van der Waals surface area (Å²) < 4.78 is 22.8. The molecule has 0 saturated carbocycles. The van der Waals surface area contributed by atoms with Gasteiger partial charge in [-0.1, -0.05) is 22.0 Å². The number of carbonyl (C=O) groups excluding carboxylic acids is 1. The maximum absolute atomic E-state index is 12.8. The van der Waals surface area contributed by atoms with Gasteiger partial charge < -0.3 is 24.3 Å². The summed E-state index contributed by atoms with van der Waals surface area (Å²) in [4.78, 5) is 12.8. The molecule has 0 spiro atoms. The Balaban J connectivity index is 1.57. The zero-order valence-electron chi connectivity index (χ0n) is 17.2. The molecule has 7 nitrogen and oxygen atoms in total. The summed E-state index contributed by atoms with van der Waals surface area (Å²) in [5, 5.41) is 5.87. The van der Waals surface area contributed by atoms with Gasteiger partial charge in [-0.2, -0.15) is 0 Å². The largest absolute Gasteiger partial charge is 0.491 e. The van der Waals surface area contributed by atoms with Gasteiger partial charge in [0, 0.05) is 29.9 Å². The SMILES string of the molecule is COCCOc1ccc(Br)cc1C(=O)NC(=S)Nc1cccc(OCC2CCCO2)c1. The molecule has 1 saturated heterocycles. The lowest BCUT2D eigenvalue weighted by atomic mass is 10.2. The molecule has 1 aliphatic heterocycles. The molecule has 3 rings (SSSR count). The smallest absolute Gasteiger partial charge is 0.261 e. The van der Waals surface area contributed by atoms with Crippen LogP contribution in [-0.2, 0) is 9.47 Å². The minimum Gasteiger partial charge on any atom is -0.491 e. The van der Waals surface area contributed by atoms with Gasteiger partial charge in [0.05, 0.1) is 18.3 Å². The average molecular weight is 509 g/mol. The van der Waals surface area contributed by atoms with Crippen molar-refractivity contribution in [2.75, 3.05) is 38.9 Å². The quantitative estimate of drug-likeness (QED) is 0.388. The van der Waals surface area contributed by atoms with Gasteiger partial charge in [-0.3, -0.25) is 10.1 Å². The van der Waals surface area contributed by atoms with E-state index in [1.54, 1.807) is 25.3 Å². The van der Waals surface area contributed by atoms with Crippen LogP contribution in [0.15, 0.2) is 46.9 Å². The van der Waals surface area contributed by atoms with Crippen LogP contribution in [0.3, 0.4) is 0 Å². The van der Waals surface area contributed by atoms with E-state index in [1.807, 2.05) is 24.3 Å². The maximum Gasteiger partial charge on any atom is 0.261 e. The van der Waals surface area contributed by atoms with Crippen molar-refractivity contribution in [3.63, 3.8) is 0 Å². The van der Waals surface area contributed by atoms with Crippen LogP contribution in [0.2, 0.25) is 0 Å². The van der Waals surface area contributed by atoms with E-state index in [0.717, 1.165) is 23.9 Å². The van der Waals surface area contributed by atoms with Gasteiger partial charge in [0.15, 0.2) is 5.11 Å². The molecule has 0 radical (unpaired) electrons. The highest BCUT2D eigenvalue weighted by atomic mass is 79.9. The highest BCUT2D eigenvalue weighted by Gasteiger charge is 2.17. The van der Waals surface area contributed by atoms with Crippen molar-refractivity contribution in [1.29, 1.82) is 0 Å². The van der Waals surface area contributed by atoms with Crippen molar-refractivity contribution in [1.82, 2.24) is 5.32 Å². The number of thiocarbonyl (C=S) groups is 1. The lowest BCUT2D eigenvalue weighted by Gasteiger charge is -2.15.